The first-order valence-electron chi connectivity index (χ1n) is 12.2. The molecule has 1 aromatic heterocycles. The quantitative estimate of drug-likeness (QED) is 0.346. The number of hydrogen-bond donors (Lipinski definition) is 3. The number of anilines is 2. The molecule has 0 unspecified atom stereocenters. The molecule has 3 aromatic rings. The molecule has 1 aliphatic rings. The Kier molecular flexibility index (Phi) is 9.58. The number of H-pyrrole nitrogens is 1. The van der Waals surface area contributed by atoms with E-state index in [2.05, 4.69) is 41.4 Å². The van der Waals surface area contributed by atoms with Crippen molar-refractivity contribution in [2.75, 3.05) is 49.9 Å². The fourth-order valence-corrected chi connectivity index (χ4v) is 4.13. The van der Waals surface area contributed by atoms with Crippen LogP contribution in [0.15, 0.2) is 60.7 Å². The predicted octanol–water partition coefficient (Wildman–Crippen LogP) is -0.0732. The van der Waals surface area contributed by atoms with Crippen molar-refractivity contribution < 1.29 is 35.6 Å². The standard InChI is InChI=1S/C27H33FN6O2.BrH/c1-27(2,3)23-17-24(34(31-23)22-10-5-4-6-11-22)30-26(36)19-33-14-12-32(13-15-33)18-25(35)29-21-9-7-8-20(28)16-21;/h4-11,16-17H,12-15,18-19H2,1-3H3,(H2,29,30,31,35,36);1H. The first-order chi connectivity index (χ1) is 17.2. The minimum atomic E-state index is -0.386. The van der Waals surface area contributed by atoms with Crippen molar-refractivity contribution in [3.8, 4) is 5.69 Å². The number of carbonyl (C=O) groups excluding carboxylic acids is 2. The number of benzene rings is 2. The summed E-state index contributed by atoms with van der Waals surface area (Å²) in [6.07, 6.45) is 0. The Morgan fingerprint density at radius 1 is 0.892 bits per heavy atom. The third-order valence-corrected chi connectivity index (χ3v) is 6.15. The van der Waals surface area contributed by atoms with Gasteiger partial charge in [-0.25, -0.2) is 19.6 Å². The van der Waals surface area contributed by atoms with Gasteiger partial charge in [0.15, 0.2) is 5.69 Å². The highest BCUT2D eigenvalue weighted by atomic mass is 79.9. The molecule has 0 bridgehead atoms. The number of amides is 2. The molecule has 0 aliphatic carbocycles. The van der Waals surface area contributed by atoms with Crippen LogP contribution in [0.5, 0.6) is 0 Å². The third-order valence-electron chi connectivity index (χ3n) is 6.15. The maximum absolute atomic E-state index is 13.3. The maximum atomic E-state index is 13.3. The van der Waals surface area contributed by atoms with E-state index in [1.807, 2.05) is 46.0 Å². The topological polar surface area (TPSA) is 84.3 Å². The molecule has 1 saturated heterocycles. The van der Waals surface area contributed by atoms with E-state index < -0.39 is 0 Å². The van der Waals surface area contributed by atoms with Gasteiger partial charge in [-0.1, -0.05) is 45.0 Å². The number of para-hydroxylation sites is 1. The van der Waals surface area contributed by atoms with Crippen LogP contribution in [0.25, 0.3) is 5.69 Å². The van der Waals surface area contributed by atoms with Crippen LogP contribution in [0.1, 0.15) is 26.5 Å². The van der Waals surface area contributed by atoms with Crippen LogP contribution >= 0.6 is 0 Å². The Morgan fingerprint density at radius 3 is 2.05 bits per heavy atom. The lowest BCUT2D eigenvalue weighted by Crippen LogP contribution is -3.00. The molecule has 1 fully saturated rings. The molecule has 4 rings (SSSR count). The molecule has 0 atom stereocenters. The smallest absolute Gasteiger partial charge is 0.321 e. The molecule has 1 aliphatic heterocycles. The van der Waals surface area contributed by atoms with Gasteiger partial charge in [0.2, 0.25) is 5.91 Å². The Morgan fingerprint density at radius 2 is 1.49 bits per heavy atom. The molecular weight excluding hydrogens is 539 g/mol. The average molecular weight is 574 g/mol. The van der Waals surface area contributed by atoms with Gasteiger partial charge in [0, 0.05) is 37.3 Å². The summed E-state index contributed by atoms with van der Waals surface area (Å²) < 4.78 is 15.2. The summed E-state index contributed by atoms with van der Waals surface area (Å²) in [5.41, 5.74) is 2.30. The van der Waals surface area contributed by atoms with Crippen molar-refractivity contribution in [1.29, 1.82) is 0 Å². The summed E-state index contributed by atoms with van der Waals surface area (Å²) in [5, 5.41) is 9.21. The van der Waals surface area contributed by atoms with Gasteiger partial charge in [0.1, 0.15) is 12.4 Å². The minimum absolute atomic E-state index is 0. The second-order valence-electron chi connectivity index (χ2n) is 10.1. The van der Waals surface area contributed by atoms with E-state index in [1.54, 1.807) is 12.1 Å². The van der Waals surface area contributed by atoms with Crippen LogP contribution in [-0.4, -0.2) is 66.0 Å². The van der Waals surface area contributed by atoms with Crippen molar-refractivity contribution in [2.45, 2.75) is 26.2 Å². The Hall–Kier alpha value is -3.08. The van der Waals surface area contributed by atoms with Crippen molar-refractivity contribution in [1.82, 2.24) is 14.9 Å². The first-order valence-corrected chi connectivity index (χ1v) is 12.2. The second-order valence-corrected chi connectivity index (χ2v) is 10.1. The zero-order chi connectivity index (χ0) is 25.7. The number of aromatic amines is 1. The van der Waals surface area contributed by atoms with Gasteiger partial charge in [-0.3, -0.25) is 14.6 Å². The number of hydrogen-bond acceptors (Lipinski definition) is 4. The lowest BCUT2D eigenvalue weighted by molar-refractivity contribution is -0.641. The highest BCUT2D eigenvalue weighted by molar-refractivity contribution is 5.92. The van der Waals surface area contributed by atoms with E-state index in [0.29, 0.717) is 37.7 Å². The van der Waals surface area contributed by atoms with Gasteiger partial charge in [-0.2, -0.15) is 0 Å². The molecule has 0 radical (unpaired) electrons. The van der Waals surface area contributed by atoms with Gasteiger partial charge >= 0.3 is 11.7 Å². The van der Waals surface area contributed by atoms with Crippen LogP contribution in [0.3, 0.4) is 0 Å². The molecule has 0 saturated carbocycles. The molecule has 198 valence electrons. The SMILES string of the molecule is CC(C)(C)c1cc(NC(=O)CN2CCN(CC(=O)Nc3cccc(F)c3)CC2)[n+](-c2ccccc2)[nH]1.[Br-]. The Bertz CT molecular complexity index is 1200. The molecule has 37 heavy (non-hydrogen) atoms. The van der Waals surface area contributed by atoms with Crippen molar-refractivity contribution in [2.24, 2.45) is 0 Å². The van der Waals surface area contributed by atoms with E-state index >= 15 is 0 Å². The van der Waals surface area contributed by atoms with Crippen LogP contribution in [-0.2, 0) is 15.0 Å². The monoisotopic (exact) mass is 572 g/mol. The number of carbonyl (C=O) groups is 2. The van der Waals surface area contributed by atoms with Crippen LogP contribution in [0.4, 0.5) is 15.9 Å². The number of piperazine rings is 1. The van der Waals surface area contributed by atoms with Crippen molar-refractivity contribution >= 4 is 23.3 Å². The number of aromatic nitrogens is 2. The van der Waals surface area contributed by atoms with Crippen LogP contribution < -0.4 is 32.3 Å². The minimum Gasteiger partial charge on any atom is -1.00 e. The van der Waals surface area contributed by atoms with Gasteiger partial charge in [0.25, 0.3) is 0 Å². The number of halogens is 2. The Balaban J connectivity index is 0.00000380. The maximum Gasteiger partial charge on any atom is 0.321 e. The highest BCUT2D eigenvalue weighted by Gasteiger charge is 2.27. The third kappa shape index (κ3) is 7.95. The van der Waals surface area contributed by atoms with Gasteiger partial charge < -0.3 is 22.3 Å². The lowest BCUT2D eigenvalue weighted by Gasteiger charge is -2.33. The summed E-state index contributed by atoms with van der Waals surface area (Å²) in [5.74, 6) is 0.0443. The van der Waals surface area contributed by atoms with E-state index in [-0.39, 0.29) is 53.1 Å². The summed E-state index contributed by atoms with van der Waals surface area (Å²) in [7, 11) is 0. The number of rotatable bonds is 7. The van der Waals surface area contributed by atoms with Gasteiger partial charge in [-0.05, 0) is 30.3 Å². The molecule has 2 aromatic carbocycles. The number of nitrogens with zero attached hydrogens (tertiary/aromatic N) is 3. The molecule has 3 N–H and O–H groups in total. The predicted molar refractivity (Wildman–Crippen MR) is 138 cm³/mol. The molecular formula is C27H34BrFN6O2. The summed E-state index contributed by atoms with van der Waals surface area (Å²) in [6.45, 7) is 9.57. The van der Waals surface area contributed by atoms with Crippen LogP contribution in [0.2, 0.25) is 0 Å². The van der Waals surface area contributed by atoms with E-state index in [4.69, 9.17) is 0 Å². The fraction of sp³-hybridized carbons (Fsp3) is 0.370. The van der Waals surface area contributed by atoms with Crippen molar-refractivity contribution in [3.63, 3.8) is 0 Å². The Labute approximate surface area is 227 Å². The van der Waals surface area contributed by atoms with Gasteiger partial charge in [-0.15, -0.1) is 4.68 Å². The van der Waals surface area contributed by atoms with E-state index in [0.717, 1.165) is 11.4 Å². The molecule has 2 heterocycles. The van der Waals surface area contributed by atoms with Crippen LogP contribution in [0, 0.1) is 5.82 Å². The highest BCUT2D eigenvalue weighted by Crippen LogP contribution is 2.22. The first kappa shape index (κ1) is 28.5. The summed E-state index contributed by atoms with van der Waals surface area (Å²) >= 11 is 0. The molecule has 8 nitrogen and oxygen atoms in total. The molecule has 2 amide bonds. The summed E-state index contributed by atoms with van der Waals surface area (Å²) in [6, 6.07) is 17.7. The largest absolute Gasteiger partial charge is 1.00 e. The molecule has 0 spiro atoms. The zero-order valence-corrected chi connectivity index (χ0v) is 23.0. The second kappa shape index (κ2) is 12.4. The van der Waals surface area contributed by atoms with Gasteiger partial charge in [0.05, 0.1) is 18.3 Å². The zero-order valence-electron chi connectivity index (χ0n) is 21.4. The van der Waals surface area contributed by atoms with Crippen molar-refractivity contribution in [3.05, 3.63) is 72.2 Å². The van der Waals surface area contributed by atoms with E-state index in [1.165, 1.54) is 12.1 Å². The average Bonchev–Trinajstić information content (AvgIpc) is 3.25. The molecule has 10 heteroatoms. The number of nitrogens with one attached hydrogen (secondary N) is 3. The summed E-state index contributed by atoms with van der Waals surface area (Å²) in [4.78, 5) is 29.4. The van der Waals surface area contributed by atoms with E-state index in [9.17, 15) is 14.0 Å². The fourth-order valence-electron chi connectivity index (χ4n) is 4.13. The lowest BCUT2D eigenvalue weighted by atomic mass is 9.92. The normalized spacial score (nSPS) is 14.6.